The Morgan fingerprint density at radius 3 is 2.21 bits per heavy atom. The molecule has 1 aliphatic heterocycles. The number of carbonyl (C=O) groups excluding carboxylic acids is 1. The number of nitrogens with one attached hydrogen (secondary N) is 1. The number of carbonyl (C=O) groups is 1. The molecule has 1 N–H and O–H groups in total. The second kappa shape index (κ2) is 8.75. The fourth-order valence-corrected chi connectivity index (χ4v) is 3.29. The summed E-state index contributed by atoms with van der Waals surface area (Å²) < 4.78 is 39.1. The van der Waals surface area contributed by atoms with E-state index >= 15 is 0 Å². The van der Waals surface area contributed by atoms with Crippen LogP contribution < -0.4 is 5.32 Å². The van der Waals surface area contributed by atoms with E-state index in [1.807, 2.05) is 4.90 Å². The van der Waals surface area contributed by atoms with Gasteiger partial charge in [-0.15, -0.1) is 0 Å². The van der Waals surface area contributed by atoms with Crippen LogP contribution in [0.15, 0.2) is 48.5 Å². The van der Waals surface area contributed by atoms with E-state index in [1.54, 1.807) is 0 Å². The van der Waals surface area contributed by atoms with Crippen molar-refractivity contribution in [1.82, 2.24) is 9.80 Å². The van der Waals surface area contributed by atoms with Gasteiger partial charge in [0.15, 0.2) is 0 Å². The highest BCUT2D eigenvalue weighted by Gasteiger charge is 2.33. The van der Waals surface area contributed by atoms with E-state index in [1.165, 1.54) is 29.3 Å². The van der Waals surface area contributed by atoms with Crippen LogP contribution in [0.3, 0.4) is 0 Å². The van der Waals surface area contributed by atoms with E-state index in [4.69, 9.17) is 0 Å². The Hall–Kier alpha value is -2.38. The van der Waals surface area contributed by atoms with Gasteiger partial charge in [-0.1, -0.05) is 42.0 Å². The standard InChI is InChI=1S/C21H24F3N3O/c1-16-6-8-17(9-7-16)14-26-10-12-27(13-11-26)15-20(28)25-19-5-3-2-4-18(19)21(22,23)24/h2-9H,10-15H2,1H3,(H,25,28). The van der Waals surface area contributed by atoms with Crippen LogP contribution in [0.25, 0.3) is 0 Å². The minimum absolute atomic E-state index is 0.0879. The van der Waals surface area contributed by atoms with E-state index in [9.17, 15) is 18.0 Å². The molecule has 1 amide bonds. The second-order valence-electron chi connectivity index (χ2n) is 7.13. The van der Waals surface area contributed by atoms with E-state index in [0.29, 0.717) is 13.1 Å². The zero-order valence-corrected chi connectivity index (χ0v) is 15.8. The third-order valence-corrected chi connectivity index (χ3v) is 4.87. The first-order chi connectivity index (χ1) is 13.3. The molecule has 28 heavy (non-hydrogen) atoms. The fourth-order valence-electron chi connectivity index (χ4n) is 3.29. The van der Waals surface area contributed by atoms with Gasteiger partial charge in [0.05, 0.1) is 17.8 Å². The zero-order chi connectivity index (χ0) is 20.1. The maximum Gasteiger partial charge on any atom is 0.418 e. The van der Waals surface area contributed by atoms with Gasteiger partial charge in [0.25, 0.3) is 0 Å². The number of aryl methyl sites for hydroxylation is 1. The highest BCUT2D eigenvalue weighted by atomic mass is 19.4. The fraction of sp³-hybridized carbons (Fsp3) is 0.381. The number of benzene rings is 2. The number of hydrogen-bond donors (Lipinski definition) is 1. The van der Waals surface area contributed by atoms with Gasteiger partial charge in [0, 0.05) is 32.7 Å². The Balaban J connectivity index is 1.48. The topological polar surface area (TPSA) is 35.6 Å². The Morgan fingerprint density at radius 1 is 0.964 bits per heavy atom. The van der Waals surface area contributed by atoms with Crippen LogP contribution >= 0.6 is 0 Å². The average Bonchev–Trinajstić information content (AvgIpc) is 2.65. The van der Waals surface area contributed by atoms with Gasteiger partial charge in [-0.3, -0.25) is 14.6 Å². The summed E-state index contributed by atoms with van der Waals surface area (Å²) in [5, 5.41) is 2.41. The van der Waals surface area contributed by atoms with E-state index in [-0.39, 0.29) is 12.2 Å². The molecule has 4 nitrogen and oxygen atoms in total. The molecule has 0 bridgehead atoms. The van der Waals surface area contributed by atoms with Crippen molar-refractivity contribution in [2.24, 2.45) is 0 Å². The third kappa shape index (κ3) is 5.56. The van der Waals surface area contributed by atoms with Gasteiger partial charge >= 0.3 is 6.18 Å². The lowest BCUT2D eigenvalue weighted by Gasteiger charge is -2.34. The molecule has 2 aromatic rings. The molecule has 3 rings (SSSR count). The maximum atomic E-state index is 13.0. The monoisotopic (exact) mass is 391 g/mol. The first kappa shape index (κ1) is 20.4. The lowest BCUT2D eigenvalue weighted by molar-refractivity contribution is -0.137. The number of hydrogen-bond acceptors (Lipinski definition) is 3. The van der Waals surface area contributed by atoms with Gasteiger partial charge in [-0.2, -0.15) is 13.2 Å². The molecule has 0 aliphatic carbocycles. The number of alkyl halides is 3. The molecule has 0 aromatic heterocycles. The first-order valence-corrected chi connectivity index (χ1v) is 9.27. The number of piperazine rings is 1. The van der Waals surface area contributed by atoms with Crippen molar-refractivity contribution >= 4 is 11.6 Å². The molecule has 2 aromatic carbocycles. The summed E-state index contributed by atoms with van der Waals surface area (Å²) in [4.78, 5) is 16.5. The molecule has 0 saturated carbocycles. The molecule has 7 heteroatoms. The van der Waals surface area contributed by atoms with Crippen molar-refractivity contribution in [3.63, 3.8) is 0 Å². The SMILES string of the molecule is Cc1ccc(CN2CCN(CC(=O)Nc3ccccc3C(F)(F)F)CC2)cc1. The van der Waals surface area contributed by atoms with Crippen LogP contribution in [0.2, 0.25) is 0 Å². The normalized spacial score (nSPS) is 16.1. The van der Waals surface area contributed by atoms with E-state index < -0.39 is 17.6 Å². The summed E-state index contributed by atoms with van der Waals surface area (Å²) in [7, 11) is 0. The zero-order valence-electron chi connectivity index (χ0n) is 15.8. The van der Waals surface area contributed by atoms with Gasteiger partial charge < -0.3 is 5.32 Å². The summed E-state index contributed by atoms with van der Waals surface area (Å²) in [5.41, 5.74) is 1.46. The average molecular weight is 391 g/mol. The quantitative estimate of drug-likeness (QED) is 0.843. The lowest BCUT2D eigenvalue weighted by atomic mass is 10.1. The van der Waals surface area contributed by atoms with Crippen molar-refractivity contribution in [2.45, 2.75) is 19.6 Å². The highest BCUT2D eigenvalue weighted by molar-refractivity contribution is 5.93. The van der Waals surface area contributed by atoms with Crippen LogP contribution in [0.5, 0.6) is 0 Å². The largest absolute Gasteiger partial charge is 0.418 e. The van der Waals surface area contributed by atoms with Crippen molar-refractivity contribution in [3.8, 4) is 0 Å². The van der Waals surface area contributed by atoms with Gasteiger partial charge in [-0.05, 0) is 24.6 Å². The molecule has 1 saturated heterocycles. The minimum atomic E-state index is -4.49. The number of nitrogens with zero attached hydrogens (tertiary/aromatic N) is 2. The minimum Gasteiger partial charge on any atom is -0.324 e. The third-order valence-electron chi connectivity index (χ3n) is 4.87. The summed E-state index contributed by atoms with van der Waals surface area (Å²) in [5.74, 6) is -0.427. The first-order valence-electron chi connectivity index (χ1n) is 9.27. The Kier molecular flexibility index (Phi) is 6.36. The van der Waals surface area contributed by atoms with Gasteiger partial charge in [-0.25, -0.2) is 0 Å². The molecule has 0 spiro atoms. The summed E-state index contributed by atoms with van der Waals surface area (Å²) >= 11 is 0. The molecule has 0 atom stereocenters. The number of para-hydroxylation sites is 1. The van der Waals surface area contributed by atoms with Crippen LogP contribution in [0.4, 0.5) is 18.9 Å². The molecule has 1 heterocycles. The van der Waals surface area contributed by atoms with E-state index in [2.05, 4.69) is 41.4 Å². The maximum absolute atomic E-state index is 13.0. The van der Waals surface area contributed by atoms with Crippen molar-refractivity contribution in [3.05, 3.63) is 65.2 Å². The molecule has 0 radical (unpaired) electrons. The lowest BCUT2D eigenvalue weighted by Crippen LogP contribution is -2.48. The molecule has 0 unspecified atom stereocenters. The van der Waals surface area contributed by atoms with Gasteiger partial charge in [0.1, 0.15) is 0 Å². The van der Waals surface area contributed by atoms with Gasteiger partial charge in [0.2, 0.25) is 5.91 Å². The van der Waals surface area contributed by atoms with Crippen molar-refractivity contribution in [1.29, 1.82) is 0 Å². The summed E-state index contributed by atoms with van der Waals surface area (Å²) in [6.45, 7) is 6.06. The molecular weight excluding hydrogens is 367 g/mol. The predicted octanol–water partition coefficient (Wildman–Crippen LogP) is 3.77. The highest BCUT2D eigenvalue weighted by Crippen LogP contribution is 2.34. The Morgan fingerprint density at radius 2 is 1.57 bits per heavy atom. The van der Waals surface area contributed by atoms with Crippen LogP contribution in [-0.4, -0.2) is 48.4 Å². The number of anilines is 1. The summed E-state index contributed by atoms with van der Waals surface area (Å²) in [6.07, 6.45) is -4.49. The molecule has 1 aliphatic rings. The predicted molar refractivity (Wildman–Crippen MR) is 103 cm³/mol. The summed E-state index contributed by atoms with van der Waals surface area (Å²) in [6, 6.07) is 13.5. The van der Waals surface area contributed by atoms with Crippen molar-refractivity contribution < 1.29 is 18.0 Å². The van der Waals surface area contributed by atoms with Crippen LogP contribution in [-0.2, 0) is 17.5 Å². The Bertz CT molecular complexity index is 797. The van der Waals surface area contributed by atoms with Crippen LogP contribution in [0, 0.1) is 6.92 Å². The smallest absolute Gasteiger partial charge is 0.324 e. The van der Waals surface area contributed by atoms with Crippen LogP contribution in [0.1, 0.15) is 16.7 Å². The Labute approximate surface area is 162 Å². The number of rotatable bonds is 5. The second-order valence-corrected chi connectivity index (χ2v) is 7.13. The van der Waals surface area contributed by atoms with E-state index in [0.717, 1.165) is 25.7 Å². The number of amides is 1. The molecule has 150 valence electrons. The van der Waals surface area contributed by atoms with Crippen molar-refractivity contribution in [2.75, 3.05) is 38.0 Å². The molecule has 1 fully saturated rings. The molecular formula is C21H24F3N3O. The number of halogens is 3.